The van der Waals surface area contributed by atoms with Crippen LogP contribution in [0.25, 0.3) is 0 Å². The van der Waals surface area contributed by atoms with Crippen molar-refractivity contribution in [2.24, 2.45) is 0 Å². The van der Waals surface area contributed by atoms with Gasteiger partial charge >= 0.3 is 0 Å². The molecule has 5 heteroatoms. The van der Waals surface area contributed by atoms with Crippen LogP contribution in [0.3, 0.4) is 0 Å². The maximum Gasteiger partial charge on any atom is 0.206 e. The molecule has 0 N–H and O–H groups in total. The first kappa shape index (κ1) is 16.3. The van der Waals surface area contributed by atoms with Crippen LogP contribution in [0.5, 0.6) is 5.75 Å². The Morgan fingerprint density at radius 3 is 2.77 bits per heavy atom. The van der Waals surface area contributed by atoms with Crippen molar-refractivity contribution in [1.29, 1.82) is 0 Å². The average Bonchev–Trinajstić information content (AvgIpc) is 2.69. The van der Waals surface area contributed by atoms with E-state index < -0.39 is 0 Å². The van der Waals surface area contributed by atoms with Crippen molar-refractivity contribution >= 4 is 45.2 Å². The Morgan fingerprint density at radius 1 is 1.23 bits per heavy atom. The van der Waals surface area contributed by atoms with Crippen LogP contribution in [0.4, 0.5) is 0 Å². The normalized spacial score (nSPS) is 31.0. The number of nitrogens with zero attached hydrogens (tertiary/aromatic N) is 1. The monoisotopic (exact) mass is 521 g/mol. The lowest BCUT2D eigenvalue weighted by Gasteiger charge is -2.46. The van der Waals surface area contributed by atoms with E-state index in [1.807, 2.05) is 30.4 Å². The summed E-state index contributed by atoms with van der Waals surface area (Å²) in [6.45, 7) is 2.20. The lowest BCUT2D eigenvalue weighted by atomic mass is 9.97. The first-order chi connectivity index (χ1) is 10.5. The molecule has 1 aliphatic carbocycles. The molecule has 0 radical (unpaired) electrons. The van der Waals surface area contributed by atoms with Gasteiger partial charge in [-0.15, -0.1) is 0 Å². The minimum atomic E-state index is -0.248. The Morgan fingerprint density at radius 2 is 2.00 bits per heavy atom. The summed E-state index contributed by atoms with van der Waals surface area (Å²) in [7, 11) is 1.69. The Kier molecular flexibility index (Phi) is 4.84. The number of ether oxygens (including phenoxy) is 2. The highest BCUT2D eigenvalue weighted by Crippen LogP contribution is 2.46. The lowest BCUT2D eigenvalue weighted by Crippen LogP contribution is -2.51. The zero-order chi connectivity index (χ0) is 15.7. The molecule has 22 heavy (non-hydrogen) atoms. The summed E-state index contributed by atoms with van der Waals surface area (Å²) in [6, 6.07) is 8.25. The maximum atomic E-state index is 6.12. The second kappa shape index (κ2) is 6.52. The van der Waals surface area contributed by atoms with Crippen LogP contribution >= 0.6 is 45.2 Å². The molecule has 3 unspecified atom stereocenters. The van der Waals surface area contributed by atoms with Crippen molar-refractivity contribution in [3.8, 4) is 5.75 Å². The molecule has 3 nitrogen and oxygen atoms in total. The fraction of sp³-hybridized carbons (Fsp3) is 0.294. The third kappa shape index (κ3) is 2.94. The van der Waals surface area contributed by atoms with Crippen molar-refractivity contribution in [3.63, 3.8) is 0 Å². The first-order valence-electron chi connectivity index (χ1n) is 7.00. The van der Waals surface area contributed by atoms with Crippen LogP contribution < -0.4 is 4.74 Å². The topological polar surface area (TPSA) is 21.7 Å². The minimum absolute atomic E-state index is 0.0437. The van der Waals surface area contributed by atoms with Gasteiger partial charge in [0.15, 0.2) is 0 Å². The number of hydrogen-bond acceptors (Lipinski definition) is 3. The minimum Gasteiger partial charge on any atom is -0.497 e. The number of methoxy groups -OCH3 is 1. The molecule has 0 aromatic heterocycles. The Bertz CT molecular complexity index is 656. The van der Waals surface area contributed by atoms with E-state index >= 15 is 0 Å². The number of hydrogen-bond donors (Lipinski definition) is 0. The van der Waals surface area contributed by atoms with Crippen LogP contribution in [0, 0.1) is 0 Å². The van der Waals surface area contributed by atoms with E-state index in [1.165, 1.54) is 5.56 Å². The van der Waals surface area contributed by atoms with E-state index in [1.54, 1.807) is 7.11 Å². The molecule has 116 valence electrons. The third-order valence-electron chi connectivity index (χ3n) is 3.93. The summed E-state index contributed by atoms with van der Waals surface area (Å²) in [5.41, 5.74) is 0.963. The van der Waals surface area contributed by atoms with Gasteiger partial charge in [-0.2, -0.15) is 0 Å². The van der Waals surface area contributed by atoms with E-state index in [2.05, 4.69) is 81.3 Å². The second-order valence-corrected chi connectivity index (χ2v) is 7.63. The van der Waals surface area contributed by atoms with Gasteiger partial charge in [0.2, 0.25) is 4.23 Å². The molecule has 0 saturated carbocycles. The quantitative estimate of drug-likeness (QED) is 0.313. The molecule has 3 atom stereocenters. The van der Waals surface area contributed by atoms with Gasteiger partial charge in [-0.1, -0.05) is 59.0 Å². The van der Waals surface area contributed by atoms with Gasteiger partial charge in [0.25, 0.3) is 0 Å². The molecular formula is C17H17I2NO2. The summed E-state index contributed by atoms with van der Waals surface area (Å²) >= 11 is 4.84. The largest absolute Gasteiger partial charge is 0.497 e. The van der Waals surface area contributed by atoms with Crippen LogP contribution in [0.1, 0.15) is 16.5 Å². The first-order valence-corrected chi connectivity index (χ1v) is 9.49. The number of allylic oxidation sites excluding steroid dienone is 3. The summed E-state index contributed by atoms with van der Waals surface area (Å²) in [6.07, 6.45) is 10.4. The SMILES string of the molecule is COC1=CC=CC(C)(N2C(I)Oc3ccccc3C2I)C=C1. The maximum absolute atomic E-state index is 6.12. The van der Waals surface area contributed by atoms with Gasteiger partial charge in [-0.25, -0.2) is 4.90 Å². The molecule has 0 saturated heterocycles. The number of halogens is 2. The smallest absolute Gasteiger partial charge is 0.206 e. The molecule has 1 heterocycles. The van der Waals surface area contributed by atoms with Crippen molar-refractivity contribution in [2.75, 3.05) is 7.11 Å². The predicted molar refractivity (Wildman–Crippen MR) is 105 cm³/mol. The van der Waals surface area contributed by atoms with E-state index in [0.717, 1.165) is 11.5 Å². The van der Waals surface area contributed by atoms with Gasteiger partial charge in [-0.05, 0) is 47.7 Å². The number of para-hydroxylation sites is 1. The highest BCUT2D eigenvalue weighted by molar-refractivity contribution is 14.1. The van der Waals surface area contributed by atoms with Crippen LogP contribution in [0.15, 0.2) is 60.4 Å². The van der Waals surface area contributed by atoms with E-state index in [-0.39, 0.29) is 13.8 Å². The Labute approximate surface area is 158 Å². The number of benzene rings is 1. The van der Waals surface area contributed by atoms with Gasteiger partial charge < -0.3 is 9.47 Å². The van der Waals surface area contributed by atoms with E-state index in [0.29, 0.717) is 0 Å². The van der Waals surface area contributed by atoms with Gasteiger partial charge in [0, 0.05) is 5.56 Å². The van der Waals surface area contributed by atoms with E-state index in [9.17, 15) is 0 Å². The van der Waals surface area contributed by atoms with E-state index in [4.69, 9.17) is 9.47 Å². The fourth-order valence-corrected chi connectivity index (χ4v) is 5.89. The van der Waals surface area contributed by atoms with Crippen molar-refractivity contribution in [3.05, 3.63) is 66.0 Å². The molecule has 2 aliphatic rings. The van der Waals surface area contributed by atoms with Crippen LogP contribution in [-0.2, 0) is 4.74 Å². The molecule has 0 amide bonds. The second-order valence-electron chi connectivity index (χ2n) is 5.38. The van der Waals surface area contributed by atoms with Crippen LogP contribution in [-0.4, -0.2) is 21.8 Å². The number of rotatable bonds is 2. The molecule has 1 aliphatic heterocycles. The van der Waals surface area contributed by atoms with Crippen LogP contribution in [0.2, 0.25) is 0 Å². The van der Waals surface area contributed by atoms with Gasteiger partial charge in [0.1, 0.15) is 11.5 Å². The summed E-state index contributed by atoms with van der Waals surface area (Å²) in [4.78, 5) is 2.36. The zero-order valence-corrected chi connectivity index (χ0v) is 16.7. The summed E-state index contributed by atoms with van der Waals surface area (Å²) in [5, 5.41) is 0. The molecule has 0 spiro atoms. The fourth-order valence-electron chi connectivity index (χ4n) is 2.67. The molecule has 0 fully saturated rings. The molecule has 3 rings (SSSR count). The summed E-state index contributed by atoms with van der Waals surface area (Å²) in [5.74, 6) is 1.83. The van der Waals surface area contributed by atoms with Gasteiger partial charge in [-0.3, -0.25) is 0 Å². The van der Waals surface area contributed by atoms with Gasteiger partial charge in [0.05, 0.1) is 16.7 Å². The Balaban J connectivity index is 1.98. The molecule has 0 bridgehead atoms. The lowest BCUT2D eigenvalue weighted by molar-refractivity contribution is 0.0354. The number of alkyl halides is 2. The van der Waals surface area contributed by atoms with Crippen molar-refractivity contribution < 1.29 is 9.47 Å². The van der Waals surface area contributed by atoms with Crippen molar-refractivity contribution in [2.45, 2.75) is 20.7 Å². The highest BCUT2D eigenvalue weighted by atomic mass is 127. The molecular weight excluding hydrogens is 504 g/mol. The van der Waals surface area contributed by atoms with Crippen molar-refractivity contribution in [1.82, 2.24) is 4.90 Å². The summed E-state index contributed by atoms with van der Waals surface area (Å²) < 4.78 is 11.6. The third-order valence-corrected chi connectivity index (χ3v) is 6.06. The molecule has 1 aromatic carbocycles. The highest BCUT2D eigenvalue weighted by Gasteiger charge is 2.42. The Hall–Kier alpha value is -0.540. The average molecular weight is 521 g/mol. The standard InChI is InChI=1S/C17H17I2NO2/c1-17(10-5-6-12(21-2)9-11-17)20-15(18)13-7-3-4-8-14(13)22-16(20)19/h3-11,15-16H,1-2H3. The predicted octanol–water partition coefficient (Wildman–Crippen LogP) is 4.95. The number of fused-ring (bicyclic) bond motifs is 1. The zero-order valence-electron chi connectivity index (χ0n) is 12.4. The molecule has 1 aromatic rings.